The highest BCUT2D eigenvalue weighted by molar-refractivity contribution is 6.92. The summed E-state index contributed by atoms with van der Waals surface area (Å²) >= 11 is 0. The van der Waals surface area contributed by atoms with Gasteiger partial charge in [-0.3, -0.25) is 0 Å². The van der Waals surface area contributed by atoms with Crippen LogP contribution in [0.1, 0.15) is 11.1 Å². The average molecular weight is 571 g/mol. The highest BCUT2D eigenvalue weighted by atomic mass is 19.4. The van der Waals surface area contributed by atoms with E-state index < -0.39 is 64.7 Å². The Morgan fingerprint density at radius 1 is 0.579 bits per heavy atom. The third-order valence-electron chi connectivity index (χ3n) is 6.54. The minimum Gasteiger partial charge on any atom is -0.357 e. The van der Waals surface area contributed by atoms with Crippen LogP contribution in [0.5, 0.6) is 0 Å². The normalized spacial score (nSPS) is 14.4. The first-order valence-corrected chi connectivity index (χ1v) is 10.7. The first-order valence-electron chi connectivity index (χ1n) is 10.7. The summed E-state index contributed by atoms with van der Waals surface area (Å²) in [4.78, 5) is 0. The van der Waals surface area contributed by atoms with Gasteiger partial charge in [0.05, 0.1) is 0 Å². The van der Waals surface area contributed by atoms with E-state index in [2.05, 4.69) is 29.2 Å². The summed E-state index contributed by atoms with van der Waals surface area (Å²) in [6.07, 6.45) is -25.2. The Morgan fingerprint density at radius 2 is 0.842 bits per heavy atom. The van der Waals surface area contributed by atoms with Crippen LogP contribution in [0.3, 0.4) is 0 Å². The lowest BCUT2D eigenvalue weighted by molar-refractivity contribution is -0.385. The second kappa shape index (κ2) is 11.0. The van der Waals surface area contributed by atoms with E-state index in [0.717, 1.165) is 0 Å². The second-order valence-corrected chi connectivity index (χ2v) is 8.66. The molecule has 0 atom stereocenters. The molecule has 0 aliphatic heterocycles. The van der Waals surface area contributed by atoms with Crippen molar-refractivity contribution in [3.8, 4) is 0 Å². The van der Waals surface area contributed by atoms with Crippen molar-refractivity contribution in [1.82, 2.24) is 0 Å². The van der Waals surface area contributed by atoms with Crippen molar-refractivity contribution in [1.29, 1.82) is 0 Å². The molecule has 216 valence electrons. The Hall–Kier alpha value is -2.42. The van der Waals surface area contributed by atoms with E-state index >= 15 is 0 Å². The molecule has 15 heteroatoms. The van der Waals surface area contributed by atoms with Gasteiger partial charge in [-0.1, -0.05) is 12.1 Å². The summed E-state index contributed by atoms with van der Waals surface area (Å²) in [5.74, 6) is 0. The lowest BCUT2D eigenvalue weighted by Gasteiger charge is -2.43. The van der Waals surface area contributed by atoms with Crippen molar-refractivity contribution in [2.24, 2.45) is 0 Å². The van der Waals surface area contributed by atoms with Crippen LogP contribution in [0.4, 0.5) is 52.7 Å². The van der Waals surface area contributed by atoms with Crippen molar-refractivity contribution in [2.45, 2.75) is 54.9 Å². The summed E-state index contributed by atoms with van der Waals surface area (Å²) in [6.45, 7) is 10.3. The molecule has 0 saturated heterocycles. The van der Waals surface area contributed by atoms with Gasteiger partial charge < -0.3 is 9.47 Å². The molecule has 0 aliphatic carbocycles. The van der Waals surface area contributed by atoms with Gasteiger partial charge in [-0.15, -0.1) is 38.0 Å². The van der Waals surface area contributed by atoms with Crippen molar-refractivity contribution < 1.29 is 62.2 Å². The zero-order valence-corrected chi connectivity index (χ0v) is 20.1. The highest BCUT2D eigenvalue weighted by Gasteiger charge is 2.75. The second-order valence-electron chi connectivity index (χ2n) is 8.66. The molecule has 0 saturated carbocycles. The summed E-state index contributed by atoms with van der Waals surface area (Å²) < 4.78 is 176. The van der Waals surface area contributed by atoms with Gasteiger partial charge >= 0.3 is 24.7 Å². The molecule has 0 aromatic heterocycles. The van der Waals surface area contributed by atoms with Gasteiger partial charge in [0.25, 0.3) is 11.2 Å². The first kappa shape index (κ1) is 33.6. The fourth-order valence-electron chi connectivity index (χ4n) is 4.74. The maximum Gasteiger partial charge on any atom is 0.430 e. The Kier molecular flexibility index (Phi) is 9.72. The fraction of sp³-hybridized carbons (Fsp3) is 0.478. The number of hydrogen-bond acceptors (Lipinski definition) is 2. The molecular formula is C23H24BF12O2-. The van der Waals surface area contributed by atoms with Gasteiger partial charge in [0.1, 0.15) is 0 Å². The molecule has 0 heterocycles. The molecular weight excluding hydrogens is 547 g/mol. The molecule has 2 nitrogen and oxygen atoms in total. The number of halogens is 12. The average Bonchev–Trinajstić information content (AvgIpc) is 2.71. The number of hydrogen-bond donors (Lipinski definition) is 0. The molecule has 1 aromatic rings. The van der Waals surface area contributed by atoms with Crippen molar-refractivity contribution >= 4 is 11.6 Å². The quantitative estimate of drug-likeness (QED) is 0.153. The molecule has 0 radical (unpaired) electrons. The maximum atomic E-state index is 14.0. The van der Waals surface area contributed by atoms with Crippen molar-refractivity contribution in [2.75, 3.05) is 14.2 Å². The van der Waals surface area contributed by atoms with Crippen LogP contribution in [0.25, 0.3) is 0 Å². The summed E-state index contributed by atoms with van der Waals surface area (Å²) in [7, 11) is -0.0277. The zero-order chi connectivity index (χ0) is 30.0. The Balaban J connectivity index is 4.61. The molecule has 0 unspecified atom stereocenters. The minimum atomic E-state index is -6.37. The van der Waals surface area contributed by atoms with E-state index in [4.69, 9.17) is 0 Å². The van der Waals surface area contributed by atoms with Crippen molar-refractivity contribution in [3.63, 3.8) is 0 Å². The predicted molar refractivity (Wildman–Crippen MR) is 118 cm³/mol. The van der Waals surface area contributed by atoms with Crippen LogP contribution in [-0.2, 0) is 20.7 Å². The molecule has 1 aromatic carbocycles. The summed E-state index contributed by atoms with van der Waals surface area (Å²) in [5, 5.41) is 0. The Bertz CT molecular complexity index is 893. The largest absolute Gasteiger partial charge is 0.430 e. The van der Waals surface area contributed by atoms with Gasteiger partial charge in [-0.2, -0.15) is 71.6 Å². The Morgan fingerprint density at radius 3 is 1.03 bits per heavy atom. The van der Waals surface area contributed by atoms with Crippen LogP contribution < -0.4 is 5.46 Å². The number of ether oxygens (including phenoxy) is 2. The predicted octanol–water partition coefficient (Wildman–Crippen LogP) is 7.83. The van der Waals surface area contributed by atoms with E-state index in [1.807, 2.05) is 0 Å². The monoisotopic (exact) mass is 571 g/mol. The van der Waals surface area contributed by atoms with Crippen LogP contribution in [-0.4, -0.2) is 45.1 Å². The maximum absolute atomic E-state index is 14.0. The topological polar surface area (TPSA) is 18.5 Å². The standard InChI is InChI=1S/C23H24BF12O2/c1-6-9-24(10-7-2,11-8-3)17-13-15(18(37-4,20(25,26)27)21(28,29)30)12-16(14-17)19(38-5,22(31,32)33)23(34,35)36/h6-8,12-14H,1-3,9-11H2,4-5H3/q-1. The van der Waals surface area contributed by atoms with Gasteiger partial charge in [0.2, 0.25) is 0 Å². The number of allylic oxidation sites excluding steroid dienone is 3. The zero-order valence-electron chi connectivity index (χ0n) is 20.1. The van der Waals surface area contributed by atoms with Crippen LogP contribution in [0.2, 0.25) is 19.0 Å². The molecule has 0 bridgehead atoms. The third-order valence-corrected chi connectivity index (χ3v) is 6.54. The molecule has 1 rings (SSSR count). The molecule has 0 aliphatic rings. The molecule has 38 heavy (non-hydrogen) atoms. The number of alkyl halides is 12. The number of rotatable bonds is 11. The van der Waals surface area contributed by atoms with Gasteiger partial charge in [-0.05, 0) is 17.2 Å². The molecule has 0 spiro atoms. The lowest BCUT2D eigenvalue weighted by Crippen LogP contribution is -2.58. The smallest absolute Gasteiger partial charge is 0.357 e. The molecule has 0 amide bonds. The molecule has 0 fully saturated rings. The van der Waals surface area contributed by atoms with E-state index in [9.17, 15) is 52.7 Å². The summed E-state index contributed by atoms with van der Waals surface area (Å²) in [5.41, 5.74) is -15.4. The van der Waals surface area contributed by atoms with E-state index in [1.165, 1.54) is 18.2 Å². The van der Waals surface area contributed by atoms with Gasteiger partial charge in [0.15, 0.2) is 0 Å². The van der Waals surface area contributed by atoms with Gasteiger partial charge in [-0.25, -0.2) is 5.46 Å². The lowest BCUT2D eigenvalue weighted by atomic mass is 9.17. The van der Waals surface area contributed by atoms with E-state index in [-0.39, 0.29) is 45.3 Å². The first-order chi connectivity index (χ1) is 17.1. The third kappa shape index (κ3) is 5.36. The summed E-state index contributed by atoms with van der Waals surface area (Å²) in [6, 6.07) is 0.00429. The van der Waals surface area contributed by atoms with Crippen LogP contribution in [0, 0.1) is 0 Å². The van der Waals surface area contributed by atoms with E-state index in [0.29, 0.717) is 0 Å². The van der Waals surface area contributed by atoms with Crippen molar-refractivity contribution in [3.05, 3.63) is 67.3 Å². The van der Waals surface area contributed by atoms with Crippen LogP contribution in [0.15, 0.2) is 56.2 Å². The van der Waals surface area contributed by atoms with Crippen LogP contribution >= 0.6 is 0 Å². The minimum absolute atomic E-state index is 0.0139. The number of benzene rings is 1. The number of methoxy groups -OCH3 is 2. The Labute approximate surface area is 210 Å². The molecule has 0 N–H and O–H groups in total. The highest BCUT2D eigenvalue weighted by Crippen LogP contribution is 2.56. The SMILES string of the molecule is C=CC[B-](CC=C)(CC=C)c1cc(C(OC)(C(F)(F)F)C(F)(F)F)cc(C(OC)(C(F)(F)F)C(F)(F)F)c1. The fourth-order valence-corrected chi connectivity index (χ4v) is 4.74. The van der Waals surface area contributed by atoms with E-state index in [1.54, 1.807) is 0 Å². The van der Waals surface area contributed by atoms with Gasteiger partial charge in [0, 0.05) is 20.4 Å².